The standard InChI is InChI=1S/C13H16N4O2/c1-3-17(8-4-5-8)11-9-7-15-16(2)12(9)14-6-10(11)13(18)19/h6-8H,3-5H2,1-2H3,(H,18,19). The van der Waals surface area contributed by atoms with E-state index in [9.17, 15) is 9.90 Å². The number of nitrogens with zero attached hydrogens (tertiary/aromatic N) is 4. The molecule has 0 amide bonds. The molecule has 0 saturated heterocycles. The largest absolute Gasteiger partial charge is 0.478 e. The third-order valence-electron chi connectivity index (χ3n) is 3.58. The van der Waals surface area contributed by atoms with E-state index in [0.717, 1.165) is 36.1 Å². The van der Waals surface area contributed by atoms with Crippen molar-refractivity contribution in [3.05, 3.63) is 18.0 Å². The number of pyridine rings is 1. The summed E-state index contributed by atoms with van der Waals surface area (Å²) in [5, 5.41) is 14.4. The van der Waals surface area contributed by atoms with Gasteiger partial charge in [0.25, 0.3) is 0 Å². The highest BCUT2D eigenvalue weighted by Gasteiger charge is 2.32. The topological polar surface area (TPSA) is 71.2 Å². The van der Waals surface area contributed by atoms with Gasteiger partial charge in [-0.25, -0.2) is 9.78 Å². The molecule has 0 aliphatic heterocycles. The fourth-order valence-corrected chi connectivity index (χ4v) is 2.53. The zero-order valence-corrected chi connectivity index (χ0v) is 11.0. The van der Waals surface area contributed by atoms with Gasteiger partial charge < -0.3 is 10.0 Å². The first kappa shape index (κ1) is 12.0. The van der Waals surface area contributed by atoms with Gasteiger partial charge in [0.2, 0.25) is 0 Å². The van der Waals surface area contributed by atoms with Gasteiger partial charge in [0.05, 0.1) is 17.3 Å². The van der Waals surface area contributed by atoms with E-state index >= 15 is 0 Å². The number of aryl methyl sites for hydroxylation is 1. The van der Waals surface area contributed by atoms with Crippen molar-refractivity contribution in [3.63, 3.8) is 0 Å². The van der Waals surface area contributed by atoms with Gasteiger partial charge in [-0.05, 0) is 19.8 Å². The molecule has 100 valence electrons. The summed E-state index contributed by atoms with van der Waals surface area (Å²) in [5.41, 5.74) is 1.74. The summed E-state index contributed by atoms with van der Waals surface area (Å²) in [4.78, 5) is 17.8. The Hall–Kier alpha value is -2.11. The van der Waals surface area contributed by atoms with Crippen LogP contribution in [-0.4, -0.2) is 38.4 Å². The fraction of sp³-hybridized carbons (Fsp3) is 0.462. The lowest BCUT2D eigenvalue weighted by molar-refractivity contribution is 0.0697. The Balaban J connectivity index is 2.27. The molecule has 0 spiro atoms. The minimum absolute atomic E-state index is 0.259. The van der Waals surface area contributed by atoms with Crippen molar-refractivity contribution in [1.29, 1.82) is 0 Å². The van der Waals surface area contributed by atoms with E-state index in [-0.39, 0.29) is 5.56 Å². The first-order valence-electron chi connectivity index (χ1n) is 6.44. The third-order valence-corrected chi connectivity index (χ3v) is 3.58. The van der Waals surface area contributed by atoms with Gasteiger partial charge in [-0.2, -0.15) is 5.10 Å². The van der Waals surface area contributed by atoms with Crippen LogP contribution >= 0.6 is 0 Å². The zero-order valence-electron chi connectivity index (χ0n) is 11.0. The van der Waals surface area contributed by atoms with Crippen LogP contribution in [0.15, 0.2) is 12.4 Å². The molecule has 6 nitrogen and oxygen atoms in total. The van der Waals surface area contributed by atoms with Crippen LogP contribution in [0.2, 0.25) is 0 Å². The molecule has 2 aromatic rings. The summed E-state index contributed by atoms with van der Waals surface area (Å²) in [5.74, 6) is -0.938. The van der Waals surface area contributed by atoms with Crippen molar-refractivity contribution < 1.29 is 9.90 Å². The van der Waals surface area contributed by atoms with Crippen molar-refractivity contribution in [2.45, 2.75) is 25.8 Å². The average molecular weight is 260 g/mol. The predicted molar refractivity (Wildman–Crippen MR) is 71.5 cm³/mol. The minimum Gasteiger partial charge on any atom is -0.478 e. The van der Waals surface area contributed by atoms with Crippen LogP contribution < -0.4 is 4.90 Å². The average Bonchev–Trinajstić information content (AvgIpc) is 3.15. The Morgan fingerprint density at radius 1 is 1.53 bits per heavy atom. The lowest BCUT2D eigenvalue weighted by atomic mass is 10.1. The molecule has 1 aliphatic rings. The molecular formula is C13H16N4O2. The van der Waals surface area contributed by atoms with Crippen molar-refractivity contribution >= 4 is 22.7 Å². The van der Waals surface area contributed by atoms with Crippen LogP contribution in [0.1, 0.15) is 30.1 Å². The number of carboxylic acid groups (broad SMARTS) is 1. The second-order valence-corrected chi connectivity index (χ2v) is 4.85. The minimum atomic E-state index is -0.938. The van der Waals surface area contributed by atoms with E-state index < -0.39 is 5.97 Å². The molecule has 0 atom stereocenters. The van der Waals surface area contributed by atoms with Crippen LogP contribution in [0.25, 0.3) is 11.0 Å². The van der Waals surface area contributed by atoms with E-state index in [1.165, 1.54) is 6.20 Å². The Morgan fingerprint density at radius 3 is 2.84 bits per heavy atom. The van der Waals surface area contributed by atoms with Crippen LogP contribution in [0.4, 0.5) is 5.69 Å². The number of fused-ring (bicyclic) bond motifs is 1. The molecular weight excluding hydrogens is 244 g/mol. The Labute approximate surface area is 110 Å². The number of hydrogen-bond donors (Lipinski definition) is 1. The second-order valence-electron chi connectivity index (χ2n) is 4.85. The fourth-order valence-electron chi connectivity index (χ4n) is 2.53. The van der Waals surface area contributed by atoms with Gasteiger partial charge in [-0.3, -0.25) is 4.68 Å². The maximum absolute atomic E-state index is 11.4. The van der Waals surface area contributed by atoms with E-state index in [2.05, 4.69) is 15.0 Å². The van der Waals surface area contributed by atoms with Gasteiger partial charge in [0.1, 0.15) is 5.56 Å². The van der Waals surface area contributed by atoms with Gasteiger partial charge >= 0.3 is 5.97 Å². The summed E-state index contributed by atoms with van der Waals surface area (Å²) in [6, 6.07) is 0.453. The number of rotatable bonds is 4. The smallest absolute Gasteiger partial charge is 0.339 e. The summed E-state index contributed by atoms with van der Waals surface area (Å²) >= 11 is 0. The molecule has 1 fully saturated rings. The molecule has 6 heteroatoms. The van der Waals surface area contributed by atoms with Gasteiger partial charge in [-0.1, -0.05) is 0 Å². The number of hydrogen-bond acceptors (Lipinski definition) is 4. The highest BCUT2D eigenvalue weighted by atomic mass is 16.4. The van der Waals surface area contributed by atoms with Crippen molar-refractivity contribution in [1.82, 2.24) is 14.8 Å². The van der Waals surface area contributed by atoms with Crippen LogP contribution in [-0.2, 0) is 7.05 Å². The molecule has 1 saturated carbocycles. The zero-order chi connectivity index (χ0) is 13.6. The number of anilines is 1. The first-order valence-corrected chi connectivity index (χ1v) is 6.44. The van der Waals surface area contributed by atoms with Crippen molar-refractivity contribution in [2.24, 2.45) is 7.05 Å². The van der Waals surface area contributed by atoms with E-state index in [1.54, 1.807) is 10.9 Å². The van der Waals surface area contributed by atoms with E-state index in [0.29, 0.717) is 6.04 Å². The molecule has 1 N–H and O–H groups in total. The summed E-state index contributed by atoms with van der Waals surface area (Å²) < 4.78 is 1.67. The Kier molecular flexibility index (Phi) is 2.66. The summed E-state index contributed by atoms with van der Waals surface area (Å²) in [7, 11) is 1.81. The van der Waals surface area contributed by atoms with Crippen molar-refractivity contribution in [3.8, 4) is 0 Å². The van der Waals surface area contributed by atoms with Crippen LogP contribution in [0.3, 0.4) is 0 Å². The lowest BCUT2D eigenvalue weighted by Gasteiger charge is -2.25. The highest BCUT2D eigenvalue weighted by Crippen LogP contribution is 2.37. The summed E-state index contributed by atoms with van der Waals surface area (Å²) in [6.45, 7) is 2.84. The van der Waals surface area contributed by atoms with Gasteiger partial charge in [0.15, 0.2) is 5.65 Å². The molecule has 1 aliphatic carbocycles. The maximum atomic E-state index is 11.4. The third kappa shape index (κ3) is 1.83. The molecule has 0 radical (unpaired) electrons. The SMILES string of the molecule is CCN(c1c(C(=O)O)cnc2c1cnn2C)C1CC1. The predicted octanol–water partition coefficient (Wildman–Crippen LogP) is 1.66. The number of aromatic carboxylic acids is 1. The van der Waals surface area contributed by atoms with Crippen LogP contribution in [0, 0.1) is 0 Å². The van der Waals surface area contributed by atoms with Crippen molar-refractivity contribution in [2.75, 3.05) is 11.4 Å². The molecule has 3 rings (SSSR count). The van der Waals surface area contributed by atoms with E-state index in [1.807, 2.05) is 14.0 Å². The molecule has 2 aromatic heterocycles. The number of aromatic nitrogens is 3. The van der Waals surface area contributed by atoms with E-state index in [4.69, 9.17) is 0 Å². The van der Waals surface area contributed by atoms with Gasteiger partial charge in [-0.15, -0.1) is 0 Å². The monoisotopic (exact) mass is 260 g/mol. The molecule has 0 unspecified atom stereocenters. The quantitative estimate of drug-likeness (QED) is 0.905. The second kappa shape index (κ2) is 4.22. The molecule has 0 aromatic carbocycles. The number of carbonyl (C=O) groups is 1. The number of carboxylic acids is 1. The molecule has 0 bridgehead atoms. The highest BCUT2D eigenvalue weighted by molar-refractivity contribution is 6.03. The Morgan fingerprint density at radius 2 is 2.26 bits per heavy atom. The Bertz CT molecular complexity index is 645. The van der Waals surface area contributed by atoms with Gasteiger partial charge in [0, 0.05) is 25.8 Å². The normalized spacial score (nSPS) is 14.8. The van der Waals surface area contributed by atoms with Crippen LogP contribution in [0.5, 0.6) is 0 Å². The molecule has 2 heterocycles. The first-order chi connectivity index (χ1) is 9.13. The summed E-state index contributed by atoms with van der Waals surface area (Å²) in [6.07, 6.45) is 5.38. The maximum Gasteiger partial charge on any atom is 0.339 e. The lowest BCUT2D eigenvalue weighted by Crippen LogP contribution is -2.27. The molecule has 19 heavy (non-hydrogen) atoms.